The van der Waals surface area contributed by atoms with Crippen LogP contribution in [0.1, 0.15) is 59.8 Å². The molecule has 0 aliphatic carbocycles. The molecule has 1 fully saturated rings. The molecule has 6 unspecified atom stereocenters. The molecule has 11 heteroatoms. The minimum absolute atomic E-state index is 0.111. The third-order valence-electron chi connectivity index (χ3n) is 6.17. The molecule has 0 bridgehead atoms. The molecule has 182 valence electrons. The van der Waals surface area contributed by atoms with Crippen molar-refractivity contribution in [3.63, 3.8) is 0 Å². The third kappa shape index (κ3) is 7.18. The minimum Gasteiger partial charge on any atom is -0.481 e. The van der Waals surface area contributed by atoms with E-state index in [4.69, 9.17) is 5.73 Å². The first kappa shape index (κ1) is 27.3. The first-order valence-corrected chi connectivity index (χ1v) is 11.1. The summed E-state index contributed by atoms with van der Waals surface area (Å²) in [6.45, 7) is 7.44. The molecule has 6 atom stereocenters. The lowest BCUT2D eigenvalue weighted by Crippen LogP contribution is -2.59. The molecule has 1 heterocycles. The summed E-state index contributed by atoms with van der Waals surface area (Å²) < 4.78 is 0. The number of carbonyl (C=O) groups is 5. The highest BCUT2D eigenvalue weighted by Crippen LogP contribution is 2.20. The Morgan fingerprint density at radius 1 is 1.00 bits per heavy atom. The second-order valence-corrected chi connectivity index (χ2v) is 8.47. The zero-order valence-electron chi connectivity index (χ0n) is 19.2. The van der Waals surface area contributed by atoms with E-state index in [0.29, 0.717) is 19.3 Å². The number of hydrogen-bond donors (Lipinski definition) is 5. The summed E-state index contributed by atoms with van der Waals surface area (Å²) in [5, 5.41) is 23.6. The number of likely N-dealkylation sites (tertiary alicyclic amines) is 1. The number of aliphatic carboxylic acids is 2. The average molecular weight is 457 g/mol. The Morgan fingerprint density at radius 3 is 2.09 bits per heavy atom. The van der Waals surface area contributed by atoms with Crippen molar-refractivity contribution in [1.82, 2.24) is 15.5 Å². The van der Waals surface area contributed by atoms with Gasteiger partial charge in [-0.1, -0.05) is 40.5 Å². The average Bonchev–Trinajstić information content (AvgIpc) is 3.24. The number of carboxylic acid groups (broad SMARTS) is 2. The fourth-order valence-corrected chi connectivity index (χ4v) is 3.59. The Balaban J connectivity index is 3.05. The lowest BCUT2D eigenvalue weighted by atomic mass is 9.95. The summed E-state index contributed by atoms with van der Waals surface area (Å²) in [6, 6.07) is -4.36. The van der Waals surface area contributed by atoms with Gasteiger partial charge in [-0.2, -0.15) is 0 Å². The van der Waals surface area contributed by atoms with E-state index >= 15 is 0 Å². The van der Waals surface area contributed by atoms with Gasteiger partial charge in [0.1, 0.15) is 18.1 Å². The van der Waals surface area contributed by atoms with Gasteiger partial charge in [-0.15, -0.1) is 0 Å². The van der Waals surface area contributed by atoms with Crippen molar-refractivity contribution in [1.29, 1.82) is 0 Å². The van der Waals surface area contributed by atoms with Gasteiger partial charge in [0.05, 0.1) is 12.5 Å². The Morgan fingerprint density at radius 2 is 1.59 bits per heavy atom. The maximum absolute atomic E-state index is 13.0. The van der Waals surface area contributed by atoms with Gasteiger partial charge in [0.25, 0.3) is 0 Å². The van der Waals surface area contributed by atoms with Crippen LogP contribution in [0, 0.1) is 11.8 Å². The number of amides is 3. The topological polar surface area (TPSA) is 179 Å². The smallest absolute Gasteiger partial charge is 0.326 e. The van der Waals surface area contributed by atoms with E-state index in [1.165, 1.54) is 0 Å². The molecule has 0 aromatic carbocycles. The molecule has 0 aromatic heterocycles. The van der Waals surface area contributed by atoms with Crippen LogP contribution in [-0.2, 0) is 24.0 Å². The zero-order chi connectivity index (χ0) is 24.6. The van der Waals surface area contributed by atoms with Crippen molar-refractivity contribution < 1.29 is 34.2 Å². The van der Waals surface area contributed by atoms with E-state index in [1.807, 2.05) is 20.8 Å². The van der Waals surface area contributed by atoms with Crippen LogP contribution in [0.4, 0.5) is 0 Å². The number of carboxylic acids is 2. The number of hydrogen-bond acceptors (Lipinski definition) is 6. The largest absolute Gasteiger partial charge is 0.481 e. The Bertz CT molecular complexity index is 714. The van der Waals surface area contributed by atoms with Crippen molar-refractivity contribution in [2.45, 2.75) is 84.0 Å². The predicted molar refractivity (Wildman–Crippen MR) is 115 cm³/mol. The number of nitrogens with zero attached hydrogens (tertiary/aromatic N) is 1. The minimum atomic E-state index is -1.45. The molecule has 3 amide bonds. The fourth-order valence-electron chi connectivity index (χ4n) is 3.59. The van der Waals surface area contributed by atoms with Crippen LogP contribution >= 0.6 is 0 Å². The highest BCUT2D eigenvalue weighted by molar-refractivity contribution is 5.96. The zero-order valence-corrected chi connectivity index (χ0v) is 19.2. The summed E-state index contributed by atoms with van der Waals surface area (Å²) in [5.41, 5.74) is 5.97. The SMILES string of the molecule is CCC(C)C(N)C(=O)NC(C(=O)NC(CC(=O)O)C(=O)N1CCCC1C(=O)O)C(C)CC. The van der Waals surface area contributed by atoms with Crippen LogP contribution in [0.3, 0.4) is 0 Å². The van der Waals surface area contributed by atoms with Crippen LogP contribution in [0.5, 0.6) is 0 Å². The van der Waals surface area contributed by atoms with Gasteiger partial charge in [0, 0.05) is 6.54 Å². The molecule has 32 heavy (non-hydrogen) atoms. The van der Waals surface area contributed by atoms with Gasteiger partial charge in [0.2, 0.25) is 17.7 Å². The predicted octanol–water partition coefficient (Wildman–Crippen LogP) is -0.0742. The van der Waals surface area contributed by atoms with E-state index < -0.39 is 60.2 Å². The van der Waals surface area contributed by atoms with Crippen LogP contribution < -0.4 is 16.4 Å². The highest BCUT2D eigenvalue weighted by atomic mass is 16.4. The maximum Gasteiger partial charge on any atom is 0.326 e. The summed E-state index contributed by atoms with van der Waals surface area (Å²) in [6.07, 6.45) is 1.22. The summed E-state index contributed by atoms with van der Waals surface area (Å²) in [4.78, 5) is 62.4. The van der Waals surface area contributed by atoms with Crippen molar-refractivity contribution >= 4 is 29.7 Å². The van der Waals surface area contributed by atoms with Crippen LogP contribution in [0.2, 0.25) is 0 Å². The van der Waals surface area contributed by atoms with Gasteiger partial charge in [-0.25, -0.2) is 4.79 Å². The number of carbonyl (C=O) groups excluding carboxylic acids is 3. The fraction of sp³-hybridized carbons (Fsp3) is 0.762. The molecule has 0 radical (unpaired) electrons. The standard InChI is InChI=1S/C21H36N4O7/c1-5-11(3)16(22)18(28)24-17(12(4)6-2)19(29)23-13(10-15(26)27)20(30)25-9-7-8-14(25)21(31)32/h11-14,16-17H,5-10,22H2,1-4H3,(H,23,29)(H,24,28)(H,26,27)(H,31,32). The van der Waals surface area contributed by atoms with Crippen LogP contribution in [0.15, 0.2) is 0 Å². The summed E-state index contributed by atoms with van der Waals surface area (Å²) >= 11 is 0. The van der Waals surface area contributed by atoms with Crippen molar-refractivity contribution in [2.75, 3.05) is 6.54 Å². The first-order valence-electron chi connectivity index (χ1n) is 11.1. The normalized spacial score (nSPS) is 20.5. The Labute approximate surface area is 188 Å². The quantitative estimate of drug-likeness (QED) is 0.270. The molecule has 1 aliphatic rings. The molecule has 1 aliphatic heterocycles. The molecule has 11 nitrogen and oxygen atoms in total. The van der Waals surface area contributed by atoms with E-state index in [9.17, 15) is 34.2 Å². The first-order chi connectivity index (χ1) is 14.9. The van der Waals surface area contributed by atoms with E-state index in [-0.39, 0.29) is 24.8 Å². The molecule has 0 saturated carbocycles. The highest BCUT2D eigenvalue weighted by Gasteiger charge is 2.39. The molecule has 6 N–H and O–H groups in total. The van der Waals surface area contributed by atoms with Crippen molar-refractivity contribution in [3.8, 4) is 0 Å². The summed E-state index contributed by atoms with van der Waals surface area (Å²) in [7, 11) is 0. The van der Waals surface area contributed by atoms with E-state index in [2.05, 4.69) is 10.6 Å². The Kier molecular flexibility index (Phi) is 10.6. The van der Waals surface area contributed by atoms with Crippen LogP contribution in [-0.4, -0.2) is 75.5 Å². The second kappa shape index (κ2) is 12.4. The number of nitrogens with two attached hydrogens (primary N) is 1. The van der Waals surface area contributed by atoms with E-state index in [1.54, 1.807) is 6.92 Å². The molecule has 0 aromatic rings. The van der Waals surface area contributed by atoms with Gasteiger partial charge in [0.15, 0.2) is 0 Å². The van der Waals surface area contributed by atoms with Gasteiger partial charge in [-0.3, -0.25) is 19.2 Å². The number of nitrogens with one attached hydrogen (secondary N) is 2. The second-order valence-electron chi connectivity index (χ2n) is 8.47. The third-order valence-corrected chi connectivity index (χ3v) is 6.17. The lowest BCUT2D eigenvalue weighted by molar-refractivity contribution is -0.150. The maximum atomic E-state index is 13.0. The molecule has 1 saturated heterocycles. The molecule has 0 spiro atoms. The molecule has 1 rings (SSSR count). The monoisotopic (exact) mass is 456 g/mol. The molecular formula is C21H36N4O7. The number of rotatable bonds is 12. The van der Waals surface area contributed by atoms with Crippen LogP contribution in [0.25, 0.3) is 0 Å². The van der Waals surface area contributed by atoms with Gasteiger partial charge in [-0.05, 0) is 24.7 Å². The lowest BCUT2D eigenvalue weighted by Gasteiger charge is -2.30. The van der Waals surface area contributed by atoms with Crippen molar-refractivity contribution in [2.24, 2.45) is 17.6 Å². The van der Waals surface area contributed by atoms with Crippen molar-refractivity contribution in [3.05, 3.63) is 0 Å². The Hall–Kier alpha value is -2.69. The molecular weight excluding hydrogens is 420 g/mol. The van der Waals surface area contributed by atoms with E-state index in [0.717, 1.165) is 4.90 Å². The summed E-state index contributed by atoms with van der Waals surface area (Å²) in [5.74, 6) is -4.92. The van der Waals surface area contributed by atoms with Gasteiger partial charge < -0.3 is 31.5 Å². The van der Waals surface area contributed by atoms with Gasteiger partial charge >= 0.3 is 11.9 Å².